The summed E-state index contributed by atoms with van der Waals surface area (Å²) in [5, 5.41) is 2.99. The van der Waals surface area contributed by atoms with Crippen LogP contribution in [0.15, 0.2) is 24.3 Å². The second-order valence-electron chi connectivity index (χ2n) is 6.20. The summed E-state index contributed by atoms with van der Waals surface area (Å²) in [5.74, 6) is 0.0560. The summed E-state index contributed by atoms with van der Waals surface area (Å²) in [5.41, 5.74) is 0.0188. The maximum absolute atomic E-state index is 12.7. The number of carbonyl (C=O) groups excluding carboxylic acids is 1. The molecule has 0 spiro atoms. The zero-order valence-electron chi connectivity index (χ0n) is 12.2. The second kappa shape index (κ2) is 5.91. The van der Waals surface area contributed by atoms with Crippen LogP contribution in [0, 0.1) is 5.92 Å². The molecule has 2 aliphatic rings. The Kier molecular flexibility index (Phi) is 4.12. The molecule has 0 bridgehead atoms. The van der Waals surface area contributed by atoms with E-state index >= 15 is 0 Å². The minimum Gasteiger partial charge on any atom is -0.353 e. The second-order valence-corrected chi connectivity index (χ2v) is 6.20. The van der Waals surface area contributed by atoms with Gasteiger partial charge >= 0.3 is 6.18 Å². The summed E-state index contributed by atoms with van der Waals surface area (Å²) < 4.78 is 38.1. The van der Waals surface area contributed by atoms with E-state index < -0.39 is 11.7 Å². The number of halogens is 3. The first-order valence-electron chi connectivity index (χ1n) is 7.61. The van der Waals surface area contributed by atoms with Gasteiger partial charge in [-0.05, 0) is 37.4 Å². The third kappa shape index (κ3) is 3.80. The molecule has 1 N–H and O–H groups in total. The minimum absolute atomic E-state index is 0.0357. The van der Waals surface area contributed by atoms with Gasteiger partial charge < -0.3 is 5.32 Å². The topological polar surface area (TPSA) is 32.3 Å². The molecule has 1 amide bonds. The molecule has 22 heavy (non-hydrogen) atoms. The molecule has 1 aromatic rings. The van der Waals surface area contributed by atoms with Crippen LogP contribution in [0.3, 0.4) is 0 Å². The predicted octanol–water partition coefficient (Wildman–Crippen LogP) is 2.81. The van der Waals surface area contributed by atoms with E-state index in [9.17, 15) is 18.0 Å². The Labute approximate surface area is 127 Å². The van der Waals surface area contributed by atoms with E-state index in [1.807, 2.05) is 4.90 Å². The van der Waals surface area contributed by atoms with E-state index in [1.54, 1.807) is 6.07 Å². The fourth-order valence-corrected chi connectivity index (χ4v) is 2.84. The fraction of sp³-hybridized carbons (Fsp3) is 0.562. The van der Waals surface area contributed by atoms with Gasteiger partial charge in [0.05, 0.1) is 11.5 Å². The number of carbonyl (C=O) groups is 1. The molecule has 0 radical (unpaired) electrons. The van der Waals surface area contributed by atoms with Crippen LogP contribution >= 0.6 is 0 Å². The first kappa shape index (κ1) is 15.3. The van der Waals surface area contributed by atoms with Gasteiger partial charge in [-0.1, -0.05) is 18.2 Å². The van der Waals surface area contributed by atoms with Crippen LogP contribution in [0.2, 0.25) is 0 Å². The molecule has 1 aliphatic carbocycles. The Morgan fingerprint density at radius 2 is 2.05 bits per heavy atom. The van der Waals surface area contributed by atoms with E-state index in [-0.39, 0.29) is 11.8 Å². The molecule has 1 saturated carbocycles. The lowest BCUT2D eigenvalue weighted by atomic mass is 10.1. The normalized spacial score (nSPS) is 22.8. The molecule has 1 aromatic carbocycles. The van der Waals surface area contributed by atoms with Gasteiger partial charge in [0.1, 0.15) is 0 Å². The Morgan fingerprint density at radius 3 is 2.73 bits per heavy atom. The molecule has 1 atom stereocenters. The fourth-order valence-electron chi connectivity index (χ4n) is 2.84. The van der Waals surface area contributed by atoms with Gasteiger partial charge in [-0.2, -0.15) is 13.2 Å². The summed E-state index contributed by atoms with van der Waals surface area (Å²) in [7, 11) is 0. The number of amides is 1. The molecule has 2 fully saturated rings. The third-order valence-electron chi connectivity index (χ3n) is 4.23. The van der Waals surface area contributed by atoms with Gasteiger partial charge in [-0.25, -0.2) is 0 Å². The highest BCUT2D eigenvalue weighted by Crippen LogP contribution is 2.30. The number of hydrogen-bond donors (Lipinski definition) is 1. The lowest BCUT2D eigenvalue weighted by Gasteiger charge is -2.17. The maximum Gasteiger partial charge on any atom is 0.416 e. The number of likely N-dealkylation sites (tertiary alicyclic amines) is 1. The molecule has 3 rings (SSSR count). The molecule has 1 unspecified atom stereocenters. The number of nitrogens with zero attached hydrogens (tertiary/aromatic N) is 1. The van der Waals surface area contributed by atoms with Crippen molar-refractivity contribution in [1.82, 2.24) is 10.2 Å². The Balaban J connectivity index is 1.56. The van der Waals surface area contributed by atoms with Crippen molar-refractivity contribution in [2.24, 2.45) is 5.92 Å². The van der Waals surface area contributed by atoms with Gasteiger partial charge in [0.25, 0.3) is 0 Å². The highest BCUT2D eigenvalue weighted by Gasteiger charge is 2.33. The van der Waals surface area contributed by atoms with Crippen molar-refractivity contribution in [2.75, 3.05) is 13.1 Å². The molecular formula is C16H19F3N2O. The van der Waals surface area contributed by atoms with Crippen molar-refractivity contribution >= 4 is 5.91 Å². The van der Waals surface area contributed by atoms with Gasteiger partial charge in [0, 0.05) is 19.1 Å². The average Bonchev–Trinajstić information content (AvgIpc) is 3.14. The van der Waals surface area contributed by atoms with Crippen LogP contribution in [-0.4, -0.2) is 29.9 Å². The first-order chi connectivity index (χ1) is 10.4. The molecule has 6 heteroatoms. The number of hydrogen-bond acceptors (Lipinski definition) is 2. The smallest absolute Gasteiger partial charge is 0.353 e. The minimum atomic E-state index is -4.31. The van der Waals surface area contributed by atoms with E-state index in [0.29, 0.717) is 24.7 Å². The van der Waals surface area contributed by atoms with Crippen LogP contribution in [0.25, 0.3) is 0 Å². The molecule has 3 nitrogen and oxygen atoms in total. The molecule has 120 valence electrons. The summed E-state index contributed by atoms with van der Waals surface area (Å²) in [6, 6.07) is 5.76. The van der Waals surface area contributed by atoms with Gasteiger partial charge in [0.15, 0.2) is 0 Å². The number of alkyl halides is 3. The molecule has 1 saturated heterocycles. The largest absolute Gasteiger partial charge is 0.416 e. The van der Waals surface area contributed by atoms with Gasteiger partial charge in [0.2, 0.25) is 5.91 Å². The number of benzene rings is 1. The Hall–Kier alpha value is -1.56. The van der Waals surface area contributed by atoms with Gasteiger partial charge in [-0.3, -0.25) is 9.69 Å². The zero-order chi connectivity index (χ0) is 15.7. The van der Waals surface area contributed by atoms with Crippen molar-refractivity contribution < 1.29 is 18.0 Å². The Morgan fingerprint density at radius 1 is 1.27 bits per heavy atom. The van der Waals surface area contributed by atoms with Crippen molar-refractivity contribution in [3.63, 3.8) is 0 Å². The number of rotatable bonds is 4. The first-order valence-corrected chi connectivity index (χ1v) is 7.61. The average molecular weight is 312 g/mol. The van der Waals surface area contributed by atoms with Crippen molar-refractivity contribution in [3.8, 4) is 0 Å². The van der Waals surface area contributed by atoms with Crippen LogP contribution in [0.5, 0.6) is 0 Å². The zero-order valence-corrected chi connectivity index (χ0v) is 12.2. The standard InChI is InChI=1S/C16H19F3N2O/c17-16(18,19)13-3-1-2-11(8-13)9-21-7-6-12(10-21)15(22)20-14-4-5-14/h1-3,8,12,14H,4-7,9-10H2,(H,20,22). The number of nitrogens with one attached hydrogen (secondary N) is 1. The van der Waals surface area contributed by atoms with Crippen molar-refractivity contribution in [3.05, 3.63) is 35.4 Å². The maximum atomic E-state index is 12.7. The van der Waals surface area contributed by atoms with Crippen LogP contribution in [0.1, 0.15) is 30.4 Å². The lowest BCUT2D eigenvalue weighted by Crippen LogP contribution is -2.34. The molecule has 1 aliphatic heterocycles. The highest BCUT2D eigenvalue weighted by atomic mass is 19.4. The third-order valence-corrected chi connectivity index (χ3v) is 4.23. The van der Waals surface area contributed by atoms with Crippen LogP contribution in [-0.2, 0) is 17.5 Å². The van der Waals surface area contributed by atoms with E-state index in [2.05, 4.69) is 5.32 Å². The summed E-state index contributed by atoms with van der Waals surface area (Å²) in [6.45, 7) is 1.82. The van der Waals surface area contributed by atoms with E-state index in [0.717, 1.165) is 31.9 Å². The van der Waals surface area contributed by atoms with E-state index in [1.165, 1.54) is 12.1 Å². The van der Waals surface area contributed by atoms with Crippen LogP contribution in [0.4, 0.5) is 13.2 Å². The monoisotopic (exact) mass is 312 g/mol. The summed E-state index contributed by atoms with van der Waals surface area (Å²) in [4.78, 5) is 14.0. The van der Waals surface area contributed by atoms with Gasteiger partial charge in [-0.15, -0.1) is 0 Å². The predicted molar refractivity (Wildman–Crippen MR) is 76.0 cm³/mol. The van der Waals surface area contributed by atoms with Crippen molar-refractivity contribution in [1.29, 1.82) is 0 Å². The summed E-state index contributed by atoms with van der Waals surface area (Å²) >= 11 is 0. The molecule has 0 aromatic heterocycles. The van der Waals surface area contributed by atoms with Crippen molar-refractivity contribution in [2.45, 2.75) is 38.0 Å². The Bertz CT molecular complexity index is 555. The molecule has 1 heterocycles. The quantitative estimate of drug-likeness (QED) is 0.927. The lowest BCUT2D eigenvalue weighted by molar-refractivity contribution is -0.137. The molecular weight excluding hydrogens is 293 g/mol. The highest BCUT2D eigenvalue weighted by molar-refractivity contribution is 5.79. The van der Waals surface area contributed by atoms with E-state index in [4.69, 9.17) is 0 Å². The van der Waals surface area contributed by atoms with Crippen LogP contribution < -0.4 is 5.32 Å². The SMILES string of the molecule is O=C(NC1CC1)C1CCN(Cc2cccc(C(F)(F)F)c2)C1. The summed E-state index contributed by atoms with van der Waals surface area (Å²) in [6.07, 6.45) is -1.41.